The fourth-order valence-corrected chi connectivity index (χ4v) is 2.88. The van der Waals surface area contributed by atoms with E-state index < -0.39 is 0 Å². The second-order valence-corrected chi connectivity index (χ2v) is 5.77. The summed E-state index contributed by atoms with van der Waals surface area (Å²) in [7, 11) is 0. The normalized spacial score (nSPS) is 21.1. The highest BCUT2D eigenvalue weighted by Gasteiger charge is 2.44. The fourth-order valence-electron chi connectivity index (χ4n) is 2.20. The first-order chi connectivity index (χ1) is 9.28. The van der Waals surface area contributed by atoms with Gasteiger partial charge in [-0.3, -0.25) is 4.79 Å². The molecular weight excluding hydrogens is 258 g/mol. The molecular formula is C14H15N3OS. The Labute approximate surface area is 115 Å². The average Bonchev–Trinajstić information content (AvgIpc) is 3.13. The number of carbonyl (C=O) groups is 1. The van der Waals surface area contributed by atoms with E-state index in [-0.39, 0.29) is 11.8 Å². The Morgan fingerprint density at radius 2 is 2.16 bits per heavy atom. The number of amides is 1. The summed E-state index contributed by atoms with van der Waals surface area (Å²) in [6.45, 7) is 2.03. The van der Waals surface area contributed by atoms with Crippen molar-refractivity contribution < 1.29 is 4.79 Å². The van der Waals surface area contributed by atoms with E-state index in [1.54, 1.807) is 0 Å². The number of carbonyl (C=O) groups excluding carboxylic acids is 1. The molecule has 3 rings (SSSR count). The first-order valence-corrected chi connectivity index (χ1v) is 7.27. The van der Waals surface area contributed by atoms with Crippen LogP contribution >= 0.6 is 11.3 Å². The van der Waals surface area contributed by atoms with Gasteiger partial charge in [-0.05, 0) is 24.3 Å². The number of benzene rings is 1. The second kappa shape index (κ2) is 5.09. The molecule has 1 amide bonds. The van der Waals surface area contributed by atoms with Crippen molar-refractivity contribution in [3.63, 3.8) is 0 Å². The van der Waals surface area contributed by atoms with Gasteiger partial charge in [-0.15, -0.1) is 10.2 Å². The molecule has 0 unspecified atom stereocenters. The van der Waals surface area contributed by atoms with Gasteiger partial charge in [0.15, 0.2) is 0 Å². The summed E-state index contributed by atoms with van der Waals surface area (Å²) in [5, 5.41) is 12.4. The van der Waals surface area contributed by atoms with Crippen molar-refractivity contribution in [2.75, 3.05) is 5.32 Å². The molecule has 98 valence electrons. The van der Waals surface area contributed by atoms with E-state index in [9.17, 15) is 4.79 Å². The van der Waals surface area contributed by atoms with E-state index in [4.69, 9.17) is 0 Å². The minimum absolute atomic E-state index is 0.0626. The molecule has 1 N–H and O–H groups in total. The molecule has 0 spiro atoms. The van der Waals surface area contributed by atoms with Crippen LogP contribution in [0.3, 0.4) is 0 Å². The molecule has 1 aromatic carbocycles. The van der Waals surface area contributed by atoms with Crippen LogP contribution in [0.25, 0.3) is 0 Å². The van der Waals surface area contributed by atoms with Crippen LogP contribution in [-0.2, 0) is 11.2 Å². The number of aryl methyl sites for hydroxylation is 1. The Morgan fingerprint density at radius 1 is 1.37 bits per heavy atom. The van der Waals surface area contributed by atoms with Gasteiger partial charge < -0.3 is 5.32 Å². The Hall–Kier alpha value is -1.75. The summed E-state index contributed by atoms with van der Waals surface area (Å²) in [5.74, 6) is 0.504. The van der Waals surface area contributed by atoms with Gasteiger partial charge in [-0.1, -0.05) is 48.6 Å². The van der Waals surface area contributed by atoms with Gasteiger partial charge in [-0.2, -0.15) is 0 Å². The number of rotatable bonds is 4. The Balaban J connectivity index is 1.61. The lowest BCUT2D eigenvalue weighted by atomic mass is 10.1. The maximum atomic E-state index is 12.1. The fraction of sp³-hybridized carbons (Fsp3) is 0.357. The first kappa shape index (κ1) is 12.3. The van der Waals surface area contributed by atoms with Gasteiger partial charge in [0.2, 0.25) is 11.0 Å². The number of hydrogen-bond acceptors (Lipinski definition) is 4. The van der Waals surface area contributed by atoms with Crippen molar-refractivity contribution in [1.82, 2.24) is 10.2 Å². The van der Waals surface area contributed by atoms with Crippen molar-refractivity contribution in [2.24, 2.45) is 5.92 Å². The highest BCUT2D eigenvalue weighted by Crippen LogP contribution is 2.47. The summed E-state index contributed by atoms with van der Waals surface area (Å²) in [6.07, 6.45) is 1.78. The highest BCUT2D eigenvalue weighted by molar-refractivity contribution is 7.15. The van der Waals surface area contributed by atoms with Gasteiger partial charge in [0.05, 0.1) is 0 Å². The van der Waals surface area contributed by atoms with Gasteiger partial charge in [0.1, 0.15) is 5.01 Å². The van der Waals surface area contributed by atoms with Crippen molar-refractivity contribution in [3.8, 4) is 0 Å². The van der Waals surface area contributed by atoms with E-state index in [1.165, 1.54) is 16.9 Å². The quantitative estimate of drug-likeness (QED) is 0.932. The summed E-state index contributed by atoms with van der Waals surface area (Å²) in [4.78, 5) is 12.1. The van der Waals surface area contributed by atoms with Crippen LogP contribution in [0.15, 0.2) is 30.3 Å². The van der Waals surface area contributed by atoms with Crippen LogP contribution in [-0.4, -0.2) is 16.1 Å². The number of aromatic nitrogens is 2. The third-order valence-corrected chi connectivity index (χ3v) is 4.34. The molecule has 1 aliphatic rings. The standard InChI is InChI=1S/C14H15N3OS/c1-2-12-16-17-14(19-12)15-13(18)11-8-10(11)9-6-4-3-5-7-9/h3-7,10-11H,2,8H2,1H3,(H,15,17,18)/t10-,11+/m1/s1. The van der Waals surface area contributed by atoms with E-state index in [2.05, 4.69) is 27.6 Å². The first-order valence-electron chi connectivity index (χ1n) is 6.46. The third kappa shape index (κ3) is 2.66. The molecule has 1 fully saturated rings. The molecule has 0 bridgehead atoms. The lowest BCUT2D eigenvalue weighted by molar-refractivity contribution is -0.117. The minimum Gasteiger partial charge on any atom is -0.300 e. The minimum atomic E-state index is 0.0626. The molecule has 19 heavy (non-hydrogen) atoms. The molecule has 2 aromatic rings. The molecule has 0 aliphatic heterocycles. The second-order valence-electron chi connectivity index (χ2n) is 4.70. The predicted molar refractivity (Wildman–Crippen MR) is 75.2 cm³/mol. The molecule has 0 radical (unpaired) electrons. The monoisotopic (exact) mass is 273 g/mol. The van der Waals surface area contributed by atoms with Crippen LogP contribution in [0.5, 0.6) is 0 Å². The van der Waals surface area contributed by atoms with Gasteiger partial charge in [0.25, 0.3) is 0 Å². The summed E-state index contributed by atoms with van der Waals surface area (Å²) in [5.41, 5.74) is 1.24. The summed E-state index contributed by atoms with van der Waals surface area (Å²) < 4.78 is 0. The lowest BCUT2D eigenvalue weighted by Crippen LogP contribution is -2.14. The maximum absolute atomic E-state index is 12.1. The summed E-state index contributed by atoms with van der Waals surface area (Å²) >= 11 is 1.45. The van der Waals surface area contributed by atoms with Crippen LogP contribution in [0, 0.1) is 5.92 Å². The van der Waals surface area contributed by atoms with Crippen molar-refractivity contribution in [2.45, 2.75) is 25.7 Å². The molecule has 1 heterocycles. The zero-order valence-corrected chi connectivity index (χ0v) is 11.5. The third-order valence-electron chi connectivity index (χ3n) is 3.35. The topological polar surface area (TPSA) is 54.9 Å². The molecule has 1 aromatic heterocycles. The molecule has 2 atom stereocenters. The van der Waals surface area contributed by atoms with Crippen molar-refractivity contribution >= 4 is 22.4 Å². The SMILES string of the molecule is CCc1nnc(NC(=O)[C@H]2C[C@@H]2c2ccccc2)s1. The number of nitrogens with zero attached hydrogens (tertiary/aromatic N) is 2. The molecule has 1 aliphatic carbocycles. The van der Waals surface area contributed by atoms with Crippen LogP contribution < -0.4 is 5.32 Å². The maximum Gasteiger partial charge on any atom is 0.229 e. The molecule has 1 saturated carbocycles. The predicted octanol–water partition coefficient (Wildman–Crippen LogP) is 2.84. The van der Waals surface area contributed by atoms with Crippen molar-refractivity contribution in [3.05, 3.63) is 40.9 Å². The van der Waals surface area contributed by atoms with Crippen LogP contribution in [0.4, 0.5) is 5.13 Å². The van der Waals surface area contributed by atoms with E-state index >= 15 is 0 Å². The Kier molecular flexibility index (Phi) is 3.29. The van der Waals surface area contributed by atoms with Crippen molar-refractivity contribution in [1.29, 1.82) is 0 Å². The van der Waals surface area contributed by atoms with Crippen LogP contribution in [0.1, 0.15) is 29.8 Å². The molecule has 0 saturated heterocycles. The summed E-state index contributed by atoms with van der Waals surface area (Å²) in [6, 6.07) is 10.2. The zero-order chi connectivity index (χ0) is 13.2. The number of nitrogens with one attached hydrogen (secondary N) is 1. The molecule has 5 heteroatoms. The number of hydrogen-bond donors (Lipinski definition) is 1. The van der Waals surface area contributed by atoms with E-state index in [0.717, 1.165) is 17.8 Å². The Morgan fingerprint density at radius 3 is 2.84 bits per heavy atom. The highest BCUT2D eigenvalue weighted by atomic mass is 32.1. The lowest BCUT2D eigenvalue weighted by Gasteiger charge is -2.00. The van der Waals surface area contributed by atoms with Gasteiger partial charge in [0, 0.05) is 5.92 Å². The smallest absolute Gasteiger partial charge is 0.229 e. The number of anilines is 1. The van der Waals surface area contributed by atoms with E-state index in [1.807, 2.05) is 25.1 Å². The Bertz CT molecular complexity index is 581. The van der Waals surface area contributed by atoms with E-state index in [0.29, 0.717) is 11.0 Å². The largest absolute Gasteiger partial charge is 0.300 e. The van der Waals surface area contributed by atoms with Crippen LogP contribution in [0.2, 0.25) is 0 Å². The zero-order valence-electron chi connectivity index (χ0n) is 10.7. The average molecular weight is 273 g/mol. The molecule has 4 nitrogen and oxygen atoms in total. The van der Waals surface area contributed by atoms with Gasteiger partial charge >= 0.3 is 0 Å². The van der Waals surface area contributed by atoms with Gasteiger partial charge in [-0.25, -0.2) is 0 Å².